The molecule has 0 saturated carbocycles. The van der Waals surface area contributed by atoms with E-state index < -0.39 is 15.9 Å². The molecule has 0 atom stereocenters. The van der Waals surface area contributed by atoms with Crippen molar-refractivity contribution in [3.63, 3.8) is 0 Å². The molecule has 0 aliphatic heterocycles. The molecule has 0 radical (unpaired) electrons. The fraction of sp³-hybridized carbons (Fsp3) is 0.400. The van der Waals surface area contributed by atoms with Gasteiger partial charge in [0, 0.05) is 20.6 Å². The Labute approximate surface area is 122 Å². The number of pyridine rings is 1. The van der Waals surface area contributed by atoms with Gasteiger partial charge in [-0.15, -0.1) is 0 Å². The third kappa shape index (κ3) is 4.30. The zero-order valence-electron chi connectivity index (χ0n) is 11.1. The Morgan fingerprint density at radius 2 is 2.10 bits per heavy atom. The van der Waals surface area contributed by atoms with Gasteiger partial charge in [-0.1, -0.05) is 11.6 Å². The highest BCUT2D eigenvalue weighted by Crippen LogP contribution is 2.15. The summed E-state index contributed by atoms with van der Waals surface area (Å²) < 4.78 is 24.1. The first-order valence-corrected chi connectivity index (χ1v) is 7.58. The third-order valence-electron chi connectivity index (χ3n) is 2.41. The van der Waals surface area contributed by atoms with E-state index in [9.17, 15) is 13.2 Å². The Balaban J connectivity index is 2.69. The van der Waals surface area contributed by atoms with Gasteiger partial charge in [-0.3, -0.25) is 4.79 Å². The Bertz CT molecular complexity index is 591. The van der Waals surface area contributed by atoms with E-state index in [0.717, 1.165) is 4.31 Å². The molecule has 1 aromatic rings. The molecule has 0 saturated heterocycles. The zero-order chi connectivity index (χ0) is 15.3. The average molecular weight is 322 g/mol. The van der Waals surface area contributed by atoms with Crippen LogP contribution >= 0.6 is 11.6 Å². The summed E-state index contributed by atoms with van der Waals surface area (Å²) in [5.74, 6) is 4.69. The van der Waals surface area contributed by atoms with Gasteiger partial charge in [0.15, 0.2) is 0 Å². The quantitative estimate of drug-likeness (QED) is 0.486. The van der Waals surface area contributed by atoms with Gasteiger partial charge < -0.3 is 10.7 Å². The summed E-state index contributed by atoms with van der Waals surface area (Å²) in [6.45, 7) is -0.0440. The second-order valence-electron chi connectivity index (χ2n) is 4.03. The van der Waals surface area contributed by atoms with Crippen molar-refractivity contribution in [1.29, 1.82) is 0 Å². The minimum absolute atomic E-state index is 0.0237. The number of carbonyl (C=O) groups excluding carboxylic acids is 1. The van der Waals surface area contributed by atoms with Crippen LogP contribution in [-0.4, -0.2) is 50.0 Å². The van der Waals surface area contributed by atoms with Crippen LogP contribution in [0, 0.1) is 0 Å². The lowest BCUT2D eigenvalue weighted by Gasteiger charge is -2.12. The Morgan fingerprint density at radius 1 is 1.45 bits per heavy atom. The van der Waals surface area contributed by atoms with E-state index in [-0.39, 0.29) is 28.8 Å². The SMILES string of the molecule is CN(C)S(=O)(=O)CCNC(=O)c1nc(NN)ccc1Cl. The number of amides is 1. The van der Waals surface area contributed by atoms with Crippen LogP contribution < -0.4 is 16.6 Å². The standard InChI is InChI=1S/C10H16ClN5O3S/c1-16(2)20(18,19)6-5-13-10(17)9-7(11)3-4-8(14-9)15-12/h3-4H,5-6,12H2,1-2H3,(H,13,17)(H,14,15). The number of anilines is 1. The van der Waals surface area contributed by atoms with Crippen LogP contribution in [0.25, 0.3) is 0 Å². The van der Waals surface area contributed by atoms with Crippen molar-refractivity contribution in [3.8, 4) is 0 Å². The van der Waals surface area contributed by atoms with Gasteiger partial charge in [0.1, 0.15) is 11.5 Å². The molecule has 1 heterocycles. The predicted molar refractivity (Wildman–Crippen MR) is 76.9 cm³/mol. The largest absolute Gasteiger partial charge is 0.350 e. The first kappa shape index (κ1) is 16.6. The third-order valence-corrected chi connectivity index (χ3v) is 4.55. The molecular weight excluding hydrogens is 306 g/mol. The van der Waals surface area contributed by atoms with Crippen LogP contribution in [0.5, 0.6) is 0 Å². The topological polar surface area (TPSA) is 117 Å². The lowest BCUT2D eigenvalue weighted by molar-refractivity contribution is 0.0951. The first-order chi connectivity index (χ1) is 9.27. The summed E-state index contributed by atoms with van der Waals surface area (Å²) in [6.07, 6.45) is 0. The summed E-state index contributed by atoms with van der Waals surface area (Å²) in [4.78, 5) is 15.8. The Morgan fingerprint density at radius 3 is 2.65 bits per heavy atom. The van der Waals surface area contributed by atoms with E-state index >= 15 is 0 Å². The molecule has 10 heteroatoms. The number of rotatable bonds is 6. The number of halogens is 1. The molecule has 1 amide bonds. The van der Waals surface area contributed by atoms with Gasteiger partial charge in [-0.05, 0) is 12.1 Å². The number of sulfonamides is 1. The number of nitrogens with zero attached hydrogens (tertiary/aromatic N) is 2. The maximum atomic E-state index is 11.9. The lowest BCUT2D eigenvalue weighted by Crippen LogP contribution is -2.34. The molecule has 4 N–H and O–H groups in total. The highest BCUT2D eigenvalue weighted by atomic mass is 35.5. The molecule has 0 fully saturated rings. The number of hydrazine groups is 1. The molecule has 0 unspecified atom stereocenters. The van der Waals surface area contributed by atoms with E-state index in [0.29, 0.717) is 0 Å². The number of aromatic nitrogens is 1. The van der Waals surface area contributed by atoms with Gasteiger partial charge in [-0.2, -0.15) is 0 Å². The normalized spacial score (nSPS) is 11.4. The number of nitrogens with two attached hydrogens (primary N) is 1. The highest BCUT2D eigenvalue weighted by molar-refractivity contribution is 7.89. The van der Waals surface area contributed by atoms with Gasteiger partial charge in [-0.25, -0.2) is 23.5 Å². The van der Waals surface area contributed by atoms with E-state index in [1.54, 1.807) is 0 Å². The fourth-order valence-corrected chi connectivity index (χ4v) is 2.16. The molecule has 0 aliphatic carbocycles. The fourth-order valence-electron chi connectivity index (χ4n) is 1.24. The molecule has 112 valence electrons. The molecule has 0 spiro atoms. The number of carbonyl (C=O) groups is 1. The minimum atomic E-state index is -3.37. The van der Waals surface area contributed by atoms with E-state index in [4.69, 9.17) is 17.4 Å². The average Bonchev–Trinajstić information content (AvgIpc) is 2.38. The Kier molecular flexibility index (Phi) is 5.69. The first-order valence-electron chi connectivity index (χ1n) is 5.59. The van der Waals surface area contributed by atoms with Crippen molar-refractivity contribution < 1.29 is 13.2 Å². The van der Waals surface area contributed by atoms with Crippen molar-refractivity contribution >= 4 is 33.3 Å². The van der Waals surface area contributed by atoms with Crippen molar-refractivity contribution in [2.75, 3.05) is 31.8 Å². The summed E-state index contributed by atoms with van der Waals surface area (Å²) >= 11 is 5.85. The molecule has 0 bridgehead atoms. The van der Waals surface area contributed by atoms with Crippen LogP contribution in [0.2, 0.25) is 5.02 Å². The van der Waals surface area contributed by atoms with Crippen LogP contribution in [-0.2, 0) is 10.0 Å². The monoisotopic (exact) mass is 321 g/mol. The summed E-state index contributed by atoms with van der Waals surface area (Å²) in [6, 6.07) is 2.98. The lowest BCUT2D eigenvalue weighted by atomic mass is 10.3. The second kappa shape index (κ2) is 6.84. The minimum Gasteiger partial charge on any atom is -0.350 e. The second-order valence-corrected chi connectivity index (χ2v) is 6.74. The van der Waals surface area contributed by atoms with Crippen molar-refractivity contribution in [2.45, 2.75) is 0 Å². The molecule has 1 rings (SSSR count). The summed E-state index contributed by atoms with van der Waals surface area (Å²) in [5.41, 5.74) is 2.27. The molecule has 20 heavy (non-hydrogen) atoms. The van der Waals surface area contributed by atoms with Crippen LogP contribution in [0.15, 0.2) is 12.1 Å². The molecular formula is C10H16ClN5O3S. The Hall–Kier alpha value is -1.42. The van der Waals surface area contributed by atoms with Crippen LogP contribution in [0.3, 0.4) is 0 Å². The maximum absolute atomic E-state index is 11.9. The number of hydrogen-bond acceptors (Lipinski definition) is 6. The number of hydrogen-bond donors (Lipinski definition) is 3. The number of nitrogens with one attached hydrogen (secondary N) is 2. The van der Waals surface area contributed by atoms with Crippen molar-refractivity contribution in [3.05, 3.63) is 22.8 Å². The van der Waals surface area contributed by atoms with E-state index in [2.05, 4.69) is 15.7 Å². The van der Waals surface area contributed by atoms with Crippen molar-refractivity contribution in [2.24, 2.45) is 5.84 Å². The van der Waals surface area contributed by atoms with Gasteiger partial charge in [0.2, 0.25) is 10.0 Å². The van der Waals surface area contributed by atoms with Gasteiger partial charge in [0.05, 0.1) is 10.8 Å². The molecule has 1 aromatic heterocycles. The summed E-state index contributed by atoms with van der Waals surface area (Å²) in [7, 11) is -0.521. The van der Waals surface area contributed by atoms with Crippen LogP contribution in [0.4, 0.5) is 5.82 Å². The highest BCUT2D eigenvalue weighted by Gasteiger charge is 2.16. The summed E-state index contributed by atoms with van der Waals surface area (Å²) in [5, 5.41) is 2.59. The maximum Gasteiger partial charge on any atom is 0.271 e. The molecule has 0 aliphatic rings. The molecule has 8 nitrogen and oxygen atoms in total. The zero-order valence-corrected chi connectivity index (χ0v) is 12.6. The van der Waals surface area contributed by atoms with Gasteiger partial charge in [0.25, 0.3) is 5.91 Å². The predicted octanol–water partition coefficient (Wildman–Crippen LogP) is -0.358. The van der Waals surface area contributed by atoms with Gasteiger partial charge >= 0.3 is 0 Å². The number of nitrogen functional groups attached to an aromatic ring is 1. The van der Waals surface area contributed by atoms with E-state index in [1.807, 2.05) is 0 Å². The van der Waals surface area contributed by atoms with Crippen molar-refractivity contribution in [1.82, 2.24) is 14.6 Å². The molecule has 0 aromatic carbocycles. The van der Waals surface area contributed by atoms with Crippen LogP contribution in [0.1, 0.15) is 10.5 Å². The van der Waals surface area contributed by atoms with E-state index in [1.165, 1.54) is 26.2 Å². The smallest absolute Gasteiger partial charge is 0.271 e.